The maximum absolute atomic E-state index is 6.31. The smallest absolute Gasteiger partial charge is 0.0835 e. The van der Waals surface area contributed by atoms with Crippen molar-refractivity contribution in [1.29, 1.82) is 0 Å². The number of aromatic amines is 1. The Morgan fingerprint density at radius 3 is 2.77 bits per heavy atom. The second-order valence-electron chi connectivity index (χ2n) is 5.42. The van der Waals surface area contributed by atoms with Crippen molar-refractivity contribution in [2.45, 2.75) is 26.3 Å². The summed E-state index contributed by atoms with van der Waals surface area (Å²) in [5, 5.41) is 15.4. The monoisotopic (exact) mass is 315 g/mol. The molecule has 0 saturated heterocycles. The molecule has 2 N–H and O–H groups in total. The molecular weight excluding hydrogens is 298 g/mol. The van der Waals surface area contributed by atoms with Crippen LogP contribution in [0.4, 0.5) is 5.69 Å². The first-order valence-electron chi connectivity index (χ1n) is 7.21. The van der Waals surface area contributed by atoms with Gasteiger partial charge in [0, 0.05) is 18.3 Å². The molecule has 0 amide bonds. The first-order chi connectivity index (χ1) is 10.7. The molecule has 0 fully saturated rings. The maximum Gasteiger partial charge on any atom is 0.0835 e. The molecule has 0 radical (unpaired) electrons. The summed E-state index contributed by atoms with van der Waals surface area (Å²) in [4.78, 5) is 0. The first-order valence-corrected chi connectivity index (χ1v) is 7.59. The largest absolute Gasteiger partial charge is 0.378 e. The lowest BCUT2D eigenvalue weighted by molar-refractivity contribution is 0.735. The molecule has 0 spiro atoms. The second-order valence-corrected chi connectivity index (χ2v) is 5.83. The van der Waals surface area contributed by atoms with E-state index in [9.17, 15) is 0 Å². The summed E-state index contributed by atoms with van der Waals surface area (Å²) in [5.41, 5.74) is 4.11. The zero-order chi connectivity index (χ0) is 15.5. The zero-order valence-electron chi connectivity index (χ0n) is 12.5. The Morgan fingerprint density at radius 2 is 2.09 bits per heavy atom. The fourth-order valence-electron chi connectivity index (χ4n) is 2.44. The van der Waals surface area contributed by atoms with Gasteiger partial charge < -0.3 is 5.32 Å². The van der Waals surface area contributed by atoms with E-state index in [-0.39, 0.29) is 0 Å². The molecule has 0 aliphatic rings. The molecule has 3 rings (SSSR count). The van der Waals surface area contributed by atoms with Crippen LogP contribution < -0.4 is 5.32 Å². The first kappa shape index (κ1) is 14.7. The lowest BCUT2D eigenvalue weighted by Gasteiger charge is -2.14. The predicted octanol–water partition coefficient (Wildman–Crippen LogP) is 3.98. The molecule has 2 aromatic heterocycles. The predicted molar refractivity (Wildman–Crippen MR) is 88.6 cm³/mol. The van der Waals surface area contributed by atoms with E-state index in [1.54, 1.807) is 6.20 Å². The third-order valence-corrected chi connectivity index (χ3v) is 3.79. The number of para-hydroxylation sites is 1. The fraction of sp³-hybridized carbons (Fsp3) is 0.250. The highest BCUT2D eigenvalue weighted by Gasteiger charge is 2.17. The van der Waals surface area contributed by atoms with Gasteiger partial charge in [-0.25, -0.2) is 4.68 Å². The minimum atomic E-state index is 0.311. The zero-order valence-corrected chi connectivity index (χ0v) is 13.3. The number of anilines is 1. The highest BCUT2D eigenvalue weighted by Crippen LogP contribution is 2.29. The lowest BCUT2D eigenvalue weighted by atomic mass is 10.1. The third-order valence-electron chi connectivity index (χ3n) is 3.47. The van der Waals surface area contributed by atoms with Crippen LogP contribution in [0.1, 0.15) is 31.0 Å². The third kappa shape index (κ3) is 2.85. The Bertz CT molecular complexity index is 746. The minimum absolute atomic E-state index is 0.311. The van der Waals surface area contributed by atoms with E-state index in [0.717, 1.165) is 22.6 Å². The highest BCUT2D eigenvalue weighted by molar-refractivity contribution is 6.32. The van der Waals surface area contributed by atoms with Crippen LogP contribution in [-0.2, 0) is 6.54 Å². The number of hydrogen-bond donors (Lipinski definition) is 2. The van der Waals surface area contributed by atoms with E-state index in [2.05, 4.69) is 34.5 Å². The summed E-state index contributed by atoms with van der Waals surface area (Å²) < 4.78 is 1.91. The summed E-state index contributed by atoms with van der Waals surface area (Å²) in [6, 6.07) is 7.73. The van der Waals surface area contributed by atoms with Gasteiger partial charge in [0.2, 0.25) is 0 Å². The Hall–Kier alpha value is -2.27. The quantitative estimate of drug-likeness (QED) is 0.748. The summed E-state index contributed by atoms with van der Waals surface area (Å²) in [5.74, 6) is 0.311. The summed E-state index contributed by atoms with van der Waals surface area (Å²) >= 11 is 6.31. The van der Waals surface area contributed by atoms with Crippen LogP contribution in [0.25, 0.3) is 5.69 Å². The molecular formula is C16H18ClN5. The van der Waals surface area contributed by atoms with E-state index in [1.807, 2.05) is 41.3 Å². The molecule has 22 heavy (non-hydrogen) atoms. The van der Waals surface area contributed by atoms with Crippen molar-refractivity contribution in [3.05, 3.63) is 59.1 Å². The van der Waals surface area contributed by atoms with Gasteiger partial charge >= 0.3 is 0 Å². The van der Waals surface area contributed by atoms with E-state index < -0.39 is 0 Å². The number of rotatable bonds is 5. The van der Waals surface area contributed by atoms with Crippen molar-refractivity contribution < 1.29 is 0 Å². The molecule has 0 aliphatic carbocycles. The number of hydrogen-bond acceptors (Lipinski definition) is 3. The van der Waals surface area contributed by atoms with Gasteiger partial charge in [-0.2, -0.15) is 10.2 Å². The van der Waals surface area contributed by atoms with Crippen LogP contribution in [0.3, 0.4) is 0 Å². The van der Waals surface area contributed by atoms with Crippen molar-refractivity contribution in [3.8, 4) is 5.69 Å². The number of halogens is 1. The number of nitrogens with zero attached hydrogens (tertiary/aromatic N) is 3. The summed E-state index contributed by atoms with van der Waals surface area (Å²) in [6.07, 6.45) is 5.53. The molecule has 0 atom stereocenters. The van der Waals surface area contributed by atoms with Gasteiger partial charge in [0.1, 0.15) is 0 Å². The van der Waals surface area contributed by atoms with Crippen molar-refractivity contribution in [1.82, 2.24) is 20.0 Å². The number of nitrogens with one attached hydrogen (secondary N) is 2. The van der Waals surface area contributed by atoms with Crippen LogP contribution in [0.2, 0.25) is 5.02 Å². The number of benzene rings is 1. The van der Waals surface area contributed by atoms with Gasteiger partial charge in [0.25, 0.3) is 0 Å². The number of aromatic nitrogens is 4. The minimum Gasteiger partial charge on any atom is -0.378 e. The SMILES string of the molecule is CC(C)c1c(NCc2cn[nH]c2)cnn1-c1ccccc1Cl. The van der Waals surface area contributed by atoms with E-state index in [4.69, 9.17) is 11.6 Å². The molecule has 1 aromatic carbocycles. The Kier molecular flexibility index (Phi) is 4.15. The van der Waals surface area contributed by atoms with Crippen molar-refractivity contribution in [2.75, 3.05) is 5.32 Å². The molecule has 0 saturated carbocycles. The molecule has 0 unspecified atom stereocenters. The maximum atomic E-state index is 6.31. The molecule has 114 valence electrons. The highest BCUT2D eigenvalue weighted by atomic mass is 35.5. The van der Waals surface area contributed by atoms with Gasteiger partial charge in [-0.15, -0.1) is 0 Å². The topological polar surface area (TPSA) is 58.5 Å². The summed E-state index contributed by atoms with van der Waals surface area (Å²) in [7, 11) is 0. The molecule has 2 heterocycles. The molecule has 0 bridgehead atoms. The van der Waals surface area contributed by atoms with Gasteiger partial charge in [-0.3, -0.25) is 5.10 Å². The van der Waals surface area contributed by atoms with Gasteiger partial charge in [0.15, 0.2) is 0 Å². The van der Waals surface area contributed by atoms with Crippen LogP contribution in [-0.4, -0.2) is 20.0 Å². The van der Waals surface area contributed by atoms with Gasteiger partial charge in [0.05, 0.1) is 34.5 Å². The standard InChI is InChI=1S/C16H18ClN5/c1-11(2)16-14(18-7-12-8-19-20-9-12)10-21-22(16)15-6-4-3-5-13(15)17/h3-6,8-11,18H,7H2,1-2H3,(H,19,20). The molecule has 5 nitrogen and oxygen atoms in total. The Labute approximate surface area is 134 Å². The van der Waals surface area contributed by atoms with Crippen molar-refractivity contribution in [2.24, 2.45) is 0 Å². The number of H-pyrrole nitrogens is 1. The van der Waals surface area contributed by atoms with Crippen molar-refractivity contribution in [3.63, 3.8) is 0 Å². The van der Waals surface area contributed by atoms with Crippen LogP contribution in [0.5, 0.6) is 0 Å². The molecule has 0 aliphatic heterocycles. The lowest BCUT2D eigenvalue weighted by Crippen LogP contribution is -2.07. The Balaban J connectivity index is 1.94. The van der Waals surface area contributed by atoms with E-state index >= 15 is 0 Å². The normalized spacial score (nSPS) is 11.1. The average molecular weight is 316 g/mol. The van der Waals surface area contributed by atoms with Crippen LogP contribution >= 0.6 is 11.6 Å². The molecule has 3 aromatic rings. The van der Waals surface area contributed by atoms with E-state index in [1.165, 1.54) is 0 Å². The van der Waals surface area contributed by atoms with Crippen molar-refractivity contribution >= 4 is 17.3 Å². The second kappa shape index (κ2) is 6.23. The fourth-order valence-corrected chi connectivity index (χ4v) is 2.65. The van der Waals surface area contributed by atoms with E-state index in [0.29, 0.717) is 17.5 Å². The van der Waals surface area contributed by atoms with Gasteiger partial charge in [-0.1, -0.05) is 37.6 Å². The average Bonchev–Trinajstić information content (AvgIpc) is 3.15. The Morgan fingerprint density at radius 1 is 1.27 bits per heavy atom. The van der Waals surface area contributed by atoms with Gasteiger partial charge in [-0.05, 0) is 18.1 Å². The van der Waals surface area contributed by atoms with Crippen LogP contribution in [0.15, 0.2) is 42.9 Å². The van der Waals surface area contributed by atoms with Crippen LogP contribution in [0, 0.1) is 0 Å². The summed E-state index contributed by atoms with van der Waals surface area (Å²) in [6.45, 7) is 4.99. The molecule has 6 heteroatoms.